The molecule has 4 nitrogen and oxygen atoms in total. The summed E-state index contributed by atoms with van der Waals surface area (Å²) in [6, 6.07) is 0.564. The summed E-state index contributed by atoms with van der Waals surface area (Å²) in [5.41, 5.74) is 6.17. The molecule has 0 aromatic heterocycles. The third-order valence-corrected chi connectivity index (χ3v) is 4.55. The van der Waals surface area contributed by atoms with Crippen LogP contribution >= 0.6 is 0 Å². The van der Waals surface area contributed by atoms with Gasteiger partial charge in [-0.1, -0.05) is 32.6 Å². The second kappa shape index (κ2) is 5.91. The Hall–Kier alpha value is -0.770. The fraction of sp³-hybridized carbons (Fsp3) is 0.929. The van der Waals surface area contributed by atoms with Crippen molar-refractivity contribution in [3.8, 4) is 0 Å². The molecule has 0 aromatic rings. The number of hydrogen-bond donors (Lipinski definition) is 1. The van der Waals surface area contributed by atoms with Gasteiger partial charge >= 0.3 is 0 Å². The van der Waals surface area contributed by atoms with Crippen LogP contribution in [0.5, 0.6) is 0 Å². The van der Waals surface area contributed by atoms with Gasteiger partial charge in [0.05, 0.1) is 18.7 Å². The van der Waals surface area contributed by atoms with Gasteiger partial charge < -0.3 is 15.4 Å². The van der Waals surface area contributed by atoms with E-state index in [1.807, 2.05) is 0 Å². The lowest BCUT2D eigenvalue weighted by molar-refractivity contribution is 0.0391. The number of aliphatic imine (C=N–C) groups is 1. The average molecular weight is 253 g/mol. The Morgan fingerprint density at radius 2 is 2.00 bits per heavy atom. The summed E-state index contributed by atoms with van der Waals surface area (Å²) in [5, 5.41) is 0. The van der Waals surface area contributed by atoms with E-state index in [-0.39, 0.29) is 5.54 Å². The summed E-state index contributed by atoms with van der Waals surface area (Å²) in [6.45, 7) is 3.74. The van der Waals surface area contributed by atoms with Gasteiger partial charge in [-0.05, 0) is 19.3 Å². The fourth-order valence-electron chi connectivity index (χ4n) is 3.48. The second-order valence-electron chi connectivity index (χ2n) is 5.70. The molecule has 4 heteroatoms. The van der Waals surface area contributed by atoms with Gasteiger partial charge in [0.25, 0.3) is 0 Å². The summed E-state index contributed by atoms with van der Waals surface area (Å²) >= 11 is 0. The van der Waals surface area contributed by atoms with Gasteiger partial charge in [-0.3, -0.25) is 4.99 Å². The first-order valence-electron chi connectivity index (χ1n) is 7.32. The maximum Gasteiger partial charge on any atom is 0.192 e. The predicted molar refractivity (Wildman–Crippen MR) is 74.7 cm³/mol. The third-order valence-electron chi connectivity index (χ3n) is 4.55. The van der Waals surface area contributed by atoms with E-state index < -0.39 is 0 Å². The van der Waals surface area contributed by atoms with Crippen LogP contribution in [-0.2, 0) is 4.74 Å². The van der Waals surface area contributed by atoms with Gasteiger partial charge in [0.2, 0.25) is 0 Å². The van der Waals surface area contributed by atoms with Crippen molar-refractivity contribution in [3.63, 3.8) is 0 Å². The van der Waals surface area contributed by atoms with E-state index in [2.05, 4.69) is 16.8 Å². The van der Waals surface area contributed by atoms with Crippen molar-refractivity contribution in [1.82, 2.24) is 4.90 Å². The maximum atomic E-state index is 6.16. The summed E-state index contributed by atoms with van der Waals surface area (Å²) < 4.78 is 5.45. The first-order chi connectivity index (χ1) is 8.73. The molecule has 18 heavy (non-hydrogen) atoms. The molecule has 0 radical (unpaired) electrons. The molecular formula is C14H27N3O. The molecule has 1 aliphatic heterocycles. The molecule has 0 spiro atoms. The van der Waals surface area contributed by atoms with Crippen molar-refractivity contribution < 1.29 is 4.74 Å². The lowest BCUT2D eigenvalue weighted by Crippen LogP contribution is -2.58. The molecule has 1 aliphatic carbocycles. The predicted octanol–water partition coefficient (Wildman–Crippen LogP) is 2.13. The van der Waals surface area contributed by atoms with Crippen LogP contribution in [0.1, 0.15) is 51.9 Å². The van der Waals surface area contributed by atoms with Crippen LogP contribution in [0.3, 0.4) is 0 Å². The largest absolute Gasteiger partial charge is 0.382 e. The van der Waals surface area contributed by atoms with Crippen LogP contribution in [0.2, 0.25) is 0 Å². The van der Waals surface area contributed by atoms with E-state index in [1.54, 1.807) is 7.11 Å². The number of guanidine groups is 1. The van der Waals surface area contributed by atoms with Gasteiger partial charge in [0.15, 0.2) is 5.96 Å². The van der Waals surface area contributed by atoms with E-state index in [0.717, 1.165) is 25.5 Å². The van der Waals surface area contributed by atoms with Crippen LogP contribution in [0.25, 0.3) is 0 Å². The molecule has 1 heterocycles. The van der Waals surface area contributed by atoms with E-state index in [0.29, 0.717) is 6.04 Å². The number of methoxy groups -OCH3 is 1. The first kappa shape index (κ1) is 13.7. The van der Waals surface area contributed by atoms with Crippen LogP contribution in [-0.4, -0.2) is 42.7 Å². The standard InChI is InChI=1S/C14H27N3O/c1-3-14(11-18-2)10-16-13(15)17(14)12-8-6-4-5-7-9-12/h12H,3-11H2,1-2H3,(H2,15,16). The third kappa shape index (κ3) is 2.48. The topological polar surface area (TPSA) is 50.9 Å². The molecule has 1 unspecified atom stereocenters. The van der Waals surface area contributed by atoms with Gasteiger partial charge in [-0.25, -0.2) is 0 Å². The molecule has 2 rings (SSSR count). The number of ether oxygens (including phenoxy) is 1. The zero-order valence-corrected chi connectivity index (χ0v) is 11.8. The molecule has 1 saturated carbocycles. The van der Waals surface area contributed by atoms with E-state index in [1.165, 1.54) is 38.5 Å². The van der Waals surface area contributed by atoms with Gasteiger partial charge in [-0.15, -0.1) is 0 Å². The SMILES string of the molecule is CCC1(COC)CN=C(N)N1C1CCCCCC1. The first-order valence-corrected chi connectivity index (χ1v) is 7.32. The Morgan fingerprint density at radius 1 is 1.33 bits per heavy atom. The zero-order valence-electron chi connectivity index (χ0n) is 11.8. The van der Waals surface area contributed by atoms with Gasteiger partial charge in [0.1, 0.15) is 0 Å². The van der Waals surface area contributed by atoms with Crippen LogP contribution < -0.4 is 5.73 Å². The monoisotopic (exact) mass is 253 g/mol. The summed E-state index contributed by atoms with van der Waals surface area (Å²) in [4.78, 5) is 6.90. The smallest absolute Gasteiger partial charge is 0.192 e. The van der Waals surface area contributed by atoms with E-state index in [4.69, 9.17) is 10.5 Å². The van der Waals surface area contributed by atoms with Crippen molar-refractivity contribution in [2.75, 3.05) is 20.3 Å². The fourth-order valence-corrected chi connectivity index (χ4v) is 3.48. The average Bonchev–Trinajstić information content (AvgIpc) is 2.58. The van der Waals surface area contributed by atoms with Crippen molar-refractivity contribution in [3.05, 3.63) is 0 Å². The minimum absolute atomic E-state index is 0.00778. The Bertz CT molecular complexity index is 297. The molecule has 0 aromatic carbocycles. The quantitative estimate of drug-likeness (QED) is 0.781. The van der Waals surface area contributed by atoms with E-state index >= 15 is 0 Å². The number of rotatable bonds is 4. The lowest BCUT2D eigenvalue weighted by Gasteiger charge is -2.43. The molecule has 2 N–H and O–H groups in total. The normalized spacial score (nSPS) is 30.3. The summed E-state index contributed by atoms with van der Waals surface area (Å²) in [5.74, 6) is 0.737. The van der Waals surface area contributed by atoms with E-state index in [9.17, 15) is 0 Å². The van der Waals surface area contributed by atoms with Gasteiger partial charge in [-0.2, -0.15) is 0 Å². The highest BCUT2D eigenvalue weighted by Gasteiger charge is 2.44. The minimum atomic E-state index is 0.00778. The van der Waals surface area contributed by atoms with Crippen LogP contribution in [0, 0.1) is 0 Å². The Kier molecular flexibility index (Phi) is 4.49. The van der Waals surface area contributed by atoms with Crippen LogP contribution in [0.4, 0.5) is 0 Å². The second-order valence-corrected chi connectivity index (χ2v) is 5.70. The van der Waals surface area contributed by atoms with Crippen molar-refractivity contribution in [2.45, 2.75) is 63.5 Å². The van der Waals surface area contributed by atoms with Crippen LogP contribution in [0.15, 0.2) is 4.99 Å². The zero-order chi connectivity index (χ0) is 13.0. The molecule has 0 bridgehead atoms. The van der Waals surface area contributed by atoms with Crippen molar-refractivity contribution in [2.24, 2.45) is 10.7 Å². The molecule has 0 amide bonds. The van der Waals surface area contributed by atoms with Crippen molar-refractivity contribution >= 4 is 5.96 Å². The summed E-state index contributed by atoms with van der Waals surface area (Å²) in [7, 11) is 1.77. The molecule has 1 atom stereocenters. The highest BCUT2D eigenvalue weighted by molar-refractivity contribution is 5.81. The Labute approximate surface area is 111 Å². The maximum absolute atomic E-state index is 6.16. The Balaban J connectivity index is 2.16. The molecule has 2 aliphatic rings. The molecule has 1 fully saturated rings. The minimum Gasteiger partial charge on any atom is -0.382 e. The number of hydrogen-bond acceptors (Lipinski definition) is 4. The molecular weight excluding hydrogens is 226 g/mol. The summed E-state index contributed by atoms with van der Waals surface area (Å²) in [6.07, 6.45) is 8.92. The molecule has 0 saturated heterocycles. The highest BCUT2D eigenvalue weighted by Crippen LogP contribution is 2.33. The Morgan fingerprint density at radius 3 is 2.56 bits per heavy atom. The molecule has 104 valence electrons. The lowest BCUT2D eigenvalue weighted by atomic mass is 9.92. The number of nitrogens with zero attached hydrogens (tertiary/aromatic N) is 2. The highest BCUT2D eigenvalue weighted by atomic mass is 16.5. The van der Waals surface area contributed by atoms with Gasteiger partial charge in [0, 0.05) is 13.2 Å². The number of nitrogens with two attached hydrogens (primary N) is 1. The van der Waals surface area contributed by atoms with Crippen molar-refractivity contribution in [1.29, 1.82) is 0 Å².